The molecule has 0 radical (unpaired) electrons. The predicted molar refractivity (Wildman–Crippen MR) is 77.6 cm³/mol. The average Bonchev–Trinajstić information content (AvgIpc) is 2.39. The summed E-state index contributed by atoms with van der Waals surface area (Å²) in [7, 11) is -1.49. The minimum Gasteiger partial charge on any atom is -0.480 e. The number of aryl methyl sites for hydroxylation is 1. The van der Waals surface area contributed by atoms with Crippen LogP contribution in [0.25, 0.3) is 0 Å². The molecule has 0 saturated carbocycles. The molecule has 0 bridgehead atoms. The highest BCUT2D eigenvalue weighted by Crippen LogP contribution is 2.11. The Hall–Kier alpha value is -1.69. The minimum atomic E-state index is -1.49. The van der Waals surface area contributed by atoms with E-state index in [2.05, 4.69) is 0 Å². The molecule has 0 aliphatic rings. The molecule has 5 nitrogen and oxygen atoms in total. The monoisotopic (exact) mass is 297 g/mol. The molecule has 6 heteroatoms. The van der Waals surface area contributed by atoms with E-state index in [0.717, 1.165) is 5.56 Å². The fourth-order valence-corrected chi connectivity index (χ4v) is 3.16. The zero-order valence-corrected chi connectivity index (χ0v) is 12.0. The number of nitrogens with two attached hydrogens (primary N) is 1. The van der Waals surface area contributed by atoms with Gasteiger partial charge in [-0.2, -0.15) is 0 Å². The Kier molecular flexibility index (Phi) is 6.93. The summed E-state index contributed by atoms with van der Waals surface area (Å²) in [5.41, 5.74) is 6.02. The molecule has 0 aliphatic carbocycles. The van der Waals surface area contributed by atoms with Crippen LogP contribution < -0.4 is 5.73 Å². The van der Waals surface area contributed by atoms with Gasteiger partial charge in [0.2, 0.25) is 5.91 Å². The zero-order chi connectivity index (χ0) is 15.0. The maximum absolute atomic E-state index is 12.0. The molecule has 1 amide bonds. The maximum atomic E-state index is 12.0. The number of benzene rings is 1. The Labute approximate surface area is 120 Å². The van der Waals surface area contributed by atoms with E-state index < -0.39 is 27.9 Å². The van der Waals surface area contributed by atoms with Crippen molar-refractivity contribution in [3.63, 3.8) is 0 Å². The number of hydrogen-bond donors (Lipinski definition) is 2. The molecule has 0 aliphatic heterocycles. The highest BCUT2D eigenvalue weighted by atomic mass is 32.2. The van der Waals surface area contributed by atoms with E-state index in [9.17, 15) is 13.8 Å². The van der Waals surface area contributed by atoms with Crippen LogP contribution in [0.15, 0.2) is 30.3 Å². The standard InChI is InChI=1S/C14H19NO4S/c15-13(16)7-4-10-20(19)12(14(17)18)9-8-11-5-2-1-3-6-11/h1-3,5-6,12H,4,7-10H2,(H2,15,16)(H,17,18). The van der Waals surface area contributed by atoms with Crippen LogP contribution in [0.1, 0.15) is 24.8 Å². The van der Waals surface area contributed by atoms with E-state index in [-0.39, 0.29) is 12.2 Å². The van der Waals surface area contributed by atoms with Crippen LogP contribution in [-0.2, 0) is 26.8 Å². The molecule has 1 rings (SSSR count). The number of aliphatic carboxylic acids is 1. The van der Waals surface area contributed by atoms with Crippen molar-refractivity contribution < 1.29 is 18.9 Å². The molecule has 0 spiro atoms. The SMILES string of the molecule is NC(=O)CCCS(=O)C(CCc1ccccc1)C(=O)O. The zero-order valence-electron chi connectivity index (χ0n) is 11.2. The lowest BCUT2D eigenvalue weighted by atomic mass is 10.1. The van der Waals surface area contributed by atoms with Crippen molar-refractivity contribution in [2.75, 3.05) is 5.75 Å². The van der Waals surface area contributed by atoms with Gasteiger partial charge in [0.15, 0.2) is 0 Å². The van der Waals surface area contributed by atoms with Gasteiger partial charge in [-0.05, 0) is 24.8 Å². The molecule has 0 heterocycles. The van der Waals surface area contributed by atoms with Gasteiger partial charge in [-0.3, -0.25) is 13.8 Å². The molecule has 110 valence electrons. The molecule has 1 aromatic rings. The van der Waals surface area contributed by atoms with Crippen molar-refractivity contribution in [2.24, 2.45) is 5.73 Å². The highest BCUT2D eigenvalue weighted by Gasteiger charge is 2.24. The van der Waals surface area contributed by atoms with E-state index >= 15 is 0 Å². The van der Waals surface area contributed by atoms with Crippen molar-refractivity contribution >= 4 is 22.7 Å². The van der Waals surface area contributed by atoms with Gasteiger partial charge in [0.25, 0.3) is 0 Å². The normalized spacial score (nSPS) is 13.6. The third-order valence-electron chi connectivity index (χ3n) is 2.90. The van der Waals surface area contributed by atoms with Gasteiger partial charge in [0, 0.05) is 23.0 Å². The van der Waals surface area contributed by atoms with Gasteiger partial charge in [0.1, 0.15) is 5.25 Å². The van der Waals surface area contributed by atoms with Gasteiger partial charge >= 0.3 is 5.97 Å². The highest BCUT2D eigenvalue weighted by molar-refractivity contribution is 7.86. The quantitative estimate of drug-likeness (QED) is 0.713. The average molecular weight is 297 g/mol. The van der Waals surface area contributed by atoms with Crippen LogP contribution >= 0.6 is 0 Å². The van der Waals surface area contributed by atoms with E-state index in [1.807, 2.05) is 30.3 Å². The number of carboxylic acids is 1. The molecule has 2 unspecified atom stereocenters. The fraction of sp³-hybridized carbons (Fsp3) is 0.429. The summed E-state index contributed by atoms with van der Waals surface area (Å²) in [6.45, 7) is 0. The Morgan fingerprint density at radius 3 is 2.45 bits per heavy atom. The first-order valence-electron chi connectivity index (χ1n) is 6.43. The Morgan fingerprint density at radius 1 is 1.25 bits per heavy atom. The summed E-state index contributed by atoms with van der Waals surface area (Å²) in [6, 6.07) is 9.48. The van der Waals surface area contributed by atoms with Crippen LogP contribution in [0.5, 0.6) is 0 Å². The lowest BCUT2D eigenvalue weighted by Gasteiger charge is -2.12. The molecule has 2 atom stereocenters. The van der Waals surface area contributed by atoms with E-state index in [4.69, 9.17) is 10.8 Å². The van der Waals surface area contributed by atoms with Crippen molar-refractivity contribution in [1.82, 2.24) is 0 Å². The number of carbonyl (C=O) groups excluding carboxylic acids is 1. The van der Waals surface area contributed by atoms with Gasteiger partial charge in [-0.25, -0.2) is 0 Å². The largest absolute Gasteiger partial charge is 0.480 e. The van der Waals surface area contributed by atoms with Crippen molar-refractivity contribution in [3.05, 3.63) is 35.9 Å². The first kappa shape index (κ1) is 16.4. The fourth-order valence-electron chi connectivity index (χ4n) is 1.84. The lowest BCUT2D eigenvalue weighted by molar-refractivity contribution is -0.136. The molecule has 3 N–H and O–H groups in total. The molecule has 0 aromatic heterocycles. The van der Waals surface area contributed by atoms with Crippen molar-refractivity contribution in [1.29, 1.82) is 0 Å². The number of amides is 1. The summed E-state index contributed by atoms with van der Waals surface area (Å²) >= 11 is 0. The van der Waals surface area contributed by atoms with E-state index in [1.54, 1.807) is 0 Å². The third-order valence-corrected chi connectivity index (χ3v) is 4.66. The second-order valence-electron chi connectivity index (χ2n) is 4.51. The van der Waals surface area contributed by atoms with Crippen molar-refractivity contribution in [2.45, 2.75) is 30.9 Å². The Morgan fingerprint density at radius 2 is 1.90 bits per heavy atom. The topological polar surface area (TPSA) is 97.5 Å². The second kappa shape index (κ2) is 8.47. The summed E-state index contributed by atoms with van der Waals surface area (Å²) in [4.78, 5) is 21.8. The van der Waals surface area contributed by atoms with Gasteiger partial charge in [-0.1, -0.05) is 30.3 Å². The molecular weight excluding hydrogens is 278 g/mol. The number of hydrogen-bond acceptors (Lipinski definition) is 3. The summed E-state index contributed by atoms with van der Waals surface area (Å²) < 4.78 is 12.0. The number of primary amides is 1. The number of rotatable bonds is 9. The second-order valence-corrected chi connectivity index (χ2v) is 6.24. The van der Waals surface area contributed by atoms with Crippen LogP contribution in [0, 0.1) is 0 Å². The minimum absolute atomic E-state index is 0.136. The Bertz CT molecular complexity index is 475. The molecular formula is C14H19NO4S. The Balaban J connectivity index is 2.49. The third kappa shape index (κ3) is 5.97. The van der Waals surface area contributed by atoms with E-state index in [1.165, 1.54) is 0 Å². The summed E-state index contributed by atoms with van der Waals surface area (Å²) in [5, 5.41) is 8.25. The number of carboxylic acid groups (broad SMARTS) is 1. The molecule has 20 heavy (non-hydrogen) atoms. The maximum Gasteiger partial charge on any atom is 0.319 e. The first-order chi connectivity index (χ1) is 9.50. The molecule has 0 saturated heterocycles. The van der Waals surface area contributed by atoms with E-state index in [0.29, 0.717) is 19.3 Å². The van der Waals surface area contributed by atoms with Crippen LogP contribution in [0.2, 0.25) is 0 Å². The smallest absolute Gasteiger partial charge is 0.319 e. The van der Waals surface area contributed by atoms with Crippen LogP contribution in [-0.4, -0.2) is 32.2 Å². The number of carbonyl (C=O) groups is 2. The summed E-state index contributed by atoms with van der Waals surface area (Å²) in [6.07, 6.45) is 1.38. The van der Waals surface area contributed by atoms with Gasteiger partial charge in [-0.15, -0.1) is 0 Å². The van der Waals surface area contributed by atoms with Crippen LogP contribution in [0.3, 0.4) is 0 Å². The predicted octanol–water partition coefficient (Wildman–Crippen LogP) is 1.09. The van der Waals surface area contributed by atoms with Gasteiger partial charge in [0.05, 0.1) is 0 Å². The summed E-state index contributed by atoms with van der Waals surface area (Å²) in [5.74, 6) is -1.33. The lowest BCUT2D eigenvalue weighted by Crippen LogP contribution is -2.28. The molecule has 0 fully saturated rings. The van der Waals surface area contributed by atoms with Gasteiger partial charge < -0.3 is 10.8 Å². The first-order valence-corrected chi connectivity index (χ1v) is 7.81. The molecule has 1 aromatic carbocycles. The van der Waals surface area contributed by atoms with Crippen LogP contribution in [0.4, 0.5) is 0 Å². The van der Waals surface area contributed by atoms with Crippen molar-refractivity contribution in [3.8, 4) is 0 Å².